The van der Waals surface area contributed by atoms with Gasteiger partial charge in [-0.3, -0.25) is 9.89 Å². The van der Waals surface area contributed by atoms with Gasteiger partial charge in [0.15, 0.2) is 5.96 Å². The maximum atomic E-state index is 5.95. The number of halogens is 1. The highest BCUT2D eigenvalue weighted by atomic mass is 35.5. The quantitative estimate of drug-likeness (QED) is 0.417. The maximum Gasteiger partial charge on any atom is 0.191 e. The van der Waals surface area contributed by atoms with Gasteiger partial charge in [-0.15, -0.1) is 0 Å². The molecule has 0 radical (unpaired) electrons. The molecule has 0 spiro atoms. The average molecular weight is 369 g/mol. The first kappa shape index (κ1) is 19.8. The van der Waals surface area contributed by atoms with Crippen molar-refractivity contribution in [2.75, 3.05) is 59.6 Å². The predicted octanol–water partition coefficient (Wildman–Crippen LogP) is 1.91. The van der Waals surface area contributed by atoms with Crippen molar-refractivity contribution in [2.45, 2.75) is 13.3 Å². The summed E-state index contributed by atoms with van der Waals surface area (Å²) in [5.74, 6) is 1.72. The van der Waals surface area contributed by atoms with Crippen LogP contribution in [0.5, 0.6) is 5.75 Å². The lowest BCUT2D eigenvalue weighted by atomic mass is 10.2. The molecule has 1 heterocycles. The van der Waals surface area contributed by atoms with Crippen LogP contribution in [0.4, 0.5) is 0 Å². The van der Waals surface area contributed by atoms with E-state index >= 15 is 0 Å². The normalized spacial score (nSPS) is 15.9. The highest BCUT2D eigenvalue weighted by molar-refractivity contribution is 6.30. The monoisotopic (exact) mass is 368 g/mol. The summed E-state index contributed by atoms with van der Waals surface area (Å²) in [6.07, 6.45) is 0.895. The Morgan fingerprint density at radius 2 is 2.04 bits per heavy atom. The van der Waals surface area contributed by atoms with Gasteiger partial charge in [0.25, 0.3) is 0 Å². The van der Waals surface area contributed by atoms with Crippen LogP contribution in [-0.2, 0) is 4.74 Å². The van der Waals surface area contributed by atoms with Crippen molar-refractivity contribution in [1.29, 1.82) is 0 Å². The third kappa shape index (κ3) is 7.50. The van der Waals surface area contributed by atoms with E-state index in [9.17, 15) is 0 Å². The van der Waals surface area contributed by atoms with Crippen LogP contribution in [0.3, 0.4) is 0 Å². The zero-order chi connectivity index (χ0) is 17.9. The lowest BCUT2D eigenvalue weighted by molar-refractivity contribution is 0.0389. The first-order chi connectivity index (χ1) is 12.2. The van der Waals surface area contributed by atoms with Gasteiger partial charge in [0.2, 0.25) is 0 Å². The molecule has 0 bridgehead atoms. The number of rotatable bonds is 8. The second-order valence-electron chi connectivity index (χ2n) is 5.99. The molecule has 1 aliphatic heterocycles. The standard InChI is InChI=1S/C18H29ClN4O2/c1-15-14-16(19)4-5-17(15)25-11-3-6-21-18(20-2)22-7-8-23-9-12-24-13-10-23/h4-5,14H,3,6-13H2,1-2H3,(H2,20,21,22). The summed E-state index contributed by atoms with van der Waals surface area (Å²) in [4.78, 5) is 6.64. The third-order valence-electron chi connectivity index (χ3n) is 4.06. The number of nitrogens with zero attached hydrogens (tertiary/aromatic N) is 2. The molecule has 1 fully saturated rings. The second-order valence-corrected chi connectivity index (χ2v) is 6.43. The zero-order valence-electron chi connectivity index (χ0n) is 15.2. The number of benzene rings is 1. The van der Waals surface area contributed by atoms with Gasteiger partial charge in [0, 0.05) is 44.8 Å². The number of aryl methyl sites for hydroxylation is 1. The molecule has 7 heteroatoms. The van der Waals surface area contributed by atoms with E-state index in [0.717, 1.165) is 74.7 Å². The third-order valence-corrected chi connectivity index (χ3v) is 4.29. The van der Waals surface area contributed by atoms with E-state index in [-0.39, 0.29) is 0 Å². The summed E-state index contributed by atoms with van der Waals surface area (Å²) in [6, 6.07) is 5.68. The van der Waals surface area contributed by atoms with Crippen LogP contribution in [0.1, 0.15) is 12.0 Å². The summed E-state index contributed by atoms with van der Waals surface area (Å²) in [6.45, 7) is 9.03. The van der Waals surface area contributed by atoms with Crippen molar-refractivity contribution in [2.24, 2.45) is 4.99 Å². The van der Waals surface area contributed by atoms with Gasteiger partial charge in [-0.05, 0) is 37.1 Å². The van der Waals surface area contributed by atoms with E-state index in [2.05, 4.69) is 20.5 Å². The number of hydrogen-bond donors (Lipinski definition) is 2. The van der Waals surface area contributed by atoms with E-state index in [4.69, 9.17) is 21.1 Å². The summed E-state index contributed by atoms with van der Waals surface area (Å²) in [5.41, 5.74) is 1.06. The number of nitrogens with one attached hydrogen (secondary N) is 2. The Kier molecular flexibility index (Phi) is 8.86. The largest absolute Gasteiger partial charge is 0.493 e. The number of morpholine rings is 1. The summed E-state index contributed by atoms with van der Waals surface area (Å²) < 4.78 is 11.1. The fraction of sp³-hybridized carbons (Fsp3) is 0.611. The molecule has 1 aromatic rings. The molecule has 0 amide bonds. The molecule has 1 aliphatic rings. The van der Waals surface area contributed by atoms with E-state index in [1.54, 1.807) is 7.05 Å². The average Bonchev–Trinajstić information content (AvgIpc) is 2.62. The van der Waals surface area contributed by atoms with Gasteiger partial charge >= 0.3 is 0 Å². The fourth-order valence-corrected chi connectivity index (χ4v) is 2.84. The second kappa shape index (κ2) is 11.2. The molecule has 2 rings (SSSR count). The fourth-order valence-electron chi connectivity index (χ4n) is 2.61. The minimum absolute atomic E-state index is 0.653. The van der Waals surface area contributed by atoms with Crippen molar-refractivity contribution >= 4 is 17.6 Å². The lowest BCUT2D eigenvalue weighted by Gasteiger charge is -2.26. The van der Waals surface area contributed by atoms with Crippen LogP contribution >= 0.6 is 11.6 Å². The molecule has 0 aromatic heterocycles. The smallest absolute Gasteiger partial charge is 0.191 e. The lowest BCUT2D eigenvalue weighted by Crippen LogP contribution is -2.44. The summed E-state index contributed by atoms with van der Waals surface area (Å²) in [7, 11) is 1.79. The van der Waals surface area contributed by atoms with Crippen molar-refractivity contribution < 1.29 is 9.47 Å². The van der Waals surface area contributed by atoms with Crippen molar-refractivity contribution in [3.8, 4) is 5.75 Å². The molecule has 25 heavy (non-hydrogen) atoms. The molecule has 2 N–H and O–H groups in total. The Labute approximate surface area is 155 Å². The van der Waals surface area contributed by atoms with Gasteiger partial charge in [0.05, 0.1) is 19.8 Å². The van der Waals surface area contributed by atoms with Crippen molar-refractivity contribution in [3.63, 3.8) is 0 Å². The highest BCUT2D eigenvalue weighted by Gasteiger charge is 2.09. The highest BCUT2D eigenvalue weighted by Crippen LogP contribution is 2.21. The molecular formula is C18H29ClN4O2. The maximum absolute atomic E-state index is 5.95. The predicted molar refractivity (Wildman–Crippen MR) is 103 cm³/mol. The van der Waals surface area contributed by atoms with Gasteiger partial charge in [0.1, 0.15) is 5.75 Å². The first-order valence-electron chi connectivity index (χ1n) is 8.82. The zero-order valence-corrected chi connectivity index (χ0v) is 15.9. The van der Waals surface area contributed by atoms with Gasteiger partial charge in [-0.1, -0.05) is 11.6 Å². The Bertz CT molecular complexity index is 548. The minimum atomic E-state index is 0.653. The van der Waals surface area contributed by atoms with Gasteiger partial charge < -0.3 is 20.1 Å². The first-order valence-corrected chi connectivity index (χ1v) is 9.20. The molecule has 140 valence electrons. The molecular weight excluding hydrogens is 340 g/mol. The molecule has 0 aliphatic carbocycles. The van der Waals surface area contributed by atoms with E-state index < -0.39 is 0 Å². The molecule has 0 atom stereocenters. The number of guanidine groups is 1. The Hall–Kier alpha value is -1.50. The number of ether oxygens (including phenoxy) is 2. The SMILES string of the molecule is CN=C(NCCCOc1ccc(Cl)cc1C)NCCN1CCOCC1. The van der Waals surface area contributed by atoms with Crippen LogP contribution in [0, 0.1) is 6.92 Å². The number of hydrogen-bond acceptors (Lipinski definition) is 4. The Morgan fingerprint density at radius 3 is 2.76 bits per heavy atom. The van der Waals surface area contributed by atoms with Gasteiger partial charge in [-0.25, -0.2) is 0 Å². The van der Waals surface area contributed by atoms with E-state index in [1.165, 1.54) is 0 Å². The van der Waals surface area contributed by atoms with Crippen molar-refractivity contribution in [1.82, 2.24) is 15.5 Å². The number of aliphatic imine (C=N–C) groups is 1. The van der Waals surface area contributed by atoms with Crippen LogP contribution in [0.15, 0.2) is 23.2 Å². The summed E-state index contributed by atoms with van der Waals surface area (Å²) >= 11 is 5.95. The van der Waals surface area contributed by atoms with Crippen LogP contribution in [0.2, 0.25) is 5.02 Å². The van der Waals surface area contributed by atoms with Gasteiger partial charge in [-0.2, -0.15) is 0 Å². The topological polar surface area (TPSA) is 58.1 Å². The molecule has 1 saturated heterocycles. The molecule has 0 unspecified atom stereocenters. The minimum Gasteiger partial charge on any atom is -0.493 e. The molecule has 1 aromatic carbocycles. The summed E-state index contributed by atoms with van der Waals surface area (Å²) in [5, 5.41) is 7.39. The Balaban J connectivity index is 1.56. The van der Waals surface area contributed by atoms with Crippen LogP contribution in [0.25, 0.3) is 0 Å². The molecule has 6 nitrogen and oxygen atoms in total. The van der Waals surface area contributed by atoms with E-state index in [0.29, 0.717) is 6.61 Å². The van der Waals surface area contributed by atoms with Crippen LogP contribution in [-0.4, -0.2) is 70.5 Å². The molecule has 0 saturated carbocycles. The Morgan fingerprint density at radius 1 is 1.28 bits per heavy atom. The van der Waals surface area contributed by atoms with Crippen LogP contribution < -0.4 is 15.4 Å². The van der Waals surface area contributed by atoms with Crippen molar-refractivity contribution in [3.05, 3.63) is 28.8 Å². The van der Waals surface area contributed by atoms with E-state index in [1.807, 2.05) is 25.1 Å².